The van der Waals surface area contributed by atoms with Gasteiger partial charge in [0.2, 0.25) is 0 Å². The minimum atomic E-state index is -0.398. The highest BCUT2D eigenvalue weighted by molar-refractivity contribution is 5.10. The van der Waals surface area contributed by atoms with Crippen molar-refractivity contribution in [1.82, 2.24) is 10.3 Å². The number of hydrogen-bond donors (Lipinski definition) is 2. The smallest absolute Gasteiger partial charge is 0.0622 e. The van der Waals surface area contributed by atoms with Crippen molar-refractivity contribution in [2.75, 3.05) is 0 Å². The molecule has 166 valence electrons. The van der Waals surface area contributed by atoms with E-state index in [0.29, 0.717) is 11.5 Å². The van der Waals surface area contributed by atoms with Crippen molar-refractivity contribution in [3.05, 3.63) is 30.1 Å². The van der Waals surface area contributed by atoms with Crippen LogP contribution in [0, 0.1) is 40.9 Å². The van der Waals surface area contributed by atoms with Crippen LogP contribution in [0.15, 0.2) is 24.5 Å². The van der Waals surface area contributed by atoms with E-state index in [0.717, 1.165) is 54.9 Å². The van der Waals surface area contributed by atoms with Crippen molar-refractivity contribution >= 4 is 0 Å². The van der Waals surface area contributed by atoms with Gasteiger partial charge in [0.1, 0.15) is 0 Å². The molecule has 4 saturated carbocycles. The van der Waals surface area contributed by atoms with Gasteiger partial charge in [-0.3, -0.25) is 4.98 Å². The van der Waals surface area contributed by atoms with E-state index in [1.54, 1.807) is 0 Å². The molecule has 30 heavy (non-hydrogen) atoms. The summed E-state index contributed by atoms with van der Waals surface area (Å²) in [5, 5.41) is 14.5. The SMILES string of the molecule is C[C@H](NCc1cccnc1)[C@H]1CC[C@H]2[C@@H]3CC[C@@H]4C[C@](C)(O)CC[C@@H]4[C@H]3CC[C@]12C. The van der Waals surface area contributed by atoms with E-state index in [4.69, 9.17) is 0 Å². The van der Waals surface area contributed by atoms with Crippen molar-refractivity contribution in [3.63, 3.8) is 0 Å². The highest BCUT2D eigenvalue weighted by atomic mass is 16.3. The Morgan fingerprint density at radius 1 is 1.07 bits per heavy atom. The van der Waals surface area contributed by atoms with Crippen LogP contribution in [-0.2, 0) is 6.54 Å². The Bertz CT molecular complexity index is 734. The molecule has 1 aromatic rings. The molecular formula is C27H42N2O. The van der Waals surface area contributed by atoms with Gasteiger partial charge in [-0.1, -0.05) is 13.0 Å². The Balaban J connectivity index is 1.26. The van der Waals surface area contributed by atoms with Crippen LogP contribution in [0.5, 0.6) is 0 Å². The minimum absolute atomic E-state index is 0.398. The van der Waals surface area contributed by atoms with Crippen molar-refractivity contribution < 1.29 is 5.11 Å². The number of nitrogens with one attached hydrogen (secondary N) is 1. The van der Waals surface area contributed by atoms with Gasteiger partial charge in [-0.15, -0.1) is 0 Å². The number of rotatable bonds is 4. The zero-order valence-electron chi connectivity index (χ0n) is 19.3. The first-order valence-electron chi connectivity index (χ1n) is 12.7. The number of fused-ring (bicyclic) bond motifs is 5. The van der Waals surface area contributed by atoms with Crippen molar-refractivity contribution in [2.24, 2.45) is 40.9 Å². The van der Waals surface area contributed by atoms with Crippen LogP contribution >= 0.6 is 0 Å². The number of hydrogen-bond acceptors (Lipinski definition) is 3. The number of pyridine rings is 1. The Morgan fingerprint density at radius 2 is 1.90 bits per heavy atom. The summed E-state index contributed by atoms with van der Waals surface area (Å²) in [7, 11) is 0. The first kappa shape index (κ1) is 20.9. The summed E-state index contributed by atoms with van der Waals surface area (Å²) < 4.78 is 0. The highest BCUT2D eigenvalue weighted by Crippen LogP contribution is 2.65. The van der Waals surface area contributed by atoms with Gasteiger partial charge in [0, 0.05) is 25.0 Å². The molecule has 0 spiro atoms. The van der Waals surface area contributed by atoms with Crippen LogP contribution in [0.3, 0.4) is 0 Å². The van der Waals surface area contributed by atoms with Gasteiger partial charge in [0.15, 0.2) is 0 Å². The monoisotopic (exact) mass is 410 g/mol. The second-order valence-corrected chi connectivity index (χ2v) is 11.9. The number of aromatic nitrogens is 1. The summed E-state index contributed by atoms with van der Waals surface area (Å²) >= 11 is 0. The Hall–Kier alpha value is -0.930. The fourth-order valence-corrected chi connectivity index (χ4v) is 8.87. The van der Waals surface area contributed by atoms with Gasteiger partial charge in [0.05, 0.1) is 5.60 Å². The van der Waals surface area contributed by atoms with E-state index in [1.807, 2.05) is 18.5 Å². The van der Waals surface area contributed by atoms with Gasteiger partial charge >= 0.3 is 0 Å². The summed E-state index contributed by atoms with van der Waals surface area (Å²) in [4.78, 5) is 4.27. The lowest BCUT2D eigenvalue weighted by Crippen LogP contribution is -2.52. The average molecular weight is 411 g/mol. The second-order valence-electron chi connectivity index (χ2n) is 11.9. The summed E-state index contributed by atoms with van der Waals surface area (Å²) in [6, 6.07) is 4.78. The predicted molar refractivity (Wildman–Crippen MR) is 122 cm³/mol. The van der Waals surface area contributed by atoms with Gasteiger partial charge < -0.3 is 10.4 Å². The summed E-state index contributed by atoms with van der Waals surface area (Å²) in [6.45, 7) is 8.09. The fraction of sp³-hybridized carbons (Fsp3) is 0.815. The maximum Gasteiger partial charge on any atom is 0.0622 e. The second kappa shape index (κ2) is 7.89. The van der Waals surface area contributed by atoms with Crippen molar-refractivity contribution in [1.29, 1.82) is 0 Å². The Morgan fingerprint density at radius 3 is 2.70 bits per heavy atom. The Kier molecular flexibility index (Phi) is 5.51. The molecule has 0 amide bonds. The first-order valence-corrected chi connectivity index (χ1v) is 12.7. The van der Waals surface area contributed by atoms with Gasteiger partial charge in [-0.05, 0) is 124 Å². The summed E-state index contributed by atoms with van der Waals surface area (Å²) in [6.07, 6.45) is 15.7. The topological polar surface area (TPSA) is 45.2 Å². The molecule has 2 N–H and O–H groups in total. The minimum Gasteiger partial charge on any atom is -0.390 e. The number of nitrogens with zero attached hydrogens (tertiary/aromatic N) is 1. The molecule has 0 saturated heterocycles. The lowest BCUT2D eigenvalue weighted by Gasteiger charge is -2.57. The zero-order chi connectivity index (χ0) is 20.9. The molecule has 4 fully saturated rings. The van der Waals surface area contributed by atoms with Crippen LogP contribution in [0.25, 0.3) is 0 Å². The highest BCUT2D eigenvalue weighted by Gasteiger charge is 2.58. The van der Waals surface area contributed by atoms with E-state index in [2.05, 4.69) is 37.1 Å². The maximum atomic E-state index is 10.6. The van der Waals surface area contributed by atoms with Crippen molar-refractivity contribution in [2.45, 2.75) is 96.7 Å². The largest absolute Gasteiger partial charge is 0.390 e. The molecule has 4 aliphatic rings. The van der Waals surface area contributed by atoms with E-state index >= 15 is 0 Å². The van der Waals surface area contributed by atoms with Crippen molar-refractivity contribution in [3.8, 4) is 0 Å². The van der Waals surface area contributed by atoms with Gasteiger partial charge in [-0.2, -0.15) is 0 Å². The molecule has 9 atom stereocenters. The molecule has 0 unspecified atom stereocenters. The quantitative estimate of drug-likeness (QED) is 0.681. The summed E-state index contributed by atoms with van der Waals surface area (Å²) in [5.41, 5.74) is 1.40. The molecule has 5 rings (SSSR count). The van der Waals surface area contributed by atoms with Gasteiger partial charge in [0.25, 0.3) is 0 Å². The molecule has 3 heteroatoms. The third kappa shape index (κ3) is 3.64. The predicted octanol–water partition coefficient (Wildman–Crippen LogP) is 5.58. The van der Waals surface area contributed by atoms with Crippen LogP contribution < -0.4 is 5.32 Å². The molecule has 1 aromatic heterocycles. The van der Waals surface area contributed by atoms with Gasteiger partial charge in [-0.25, -0.2) is 0 Å². The fourth-order valence-electron chi connectivity index (χ4n) is 8.87. The number of aliphatic hydroxyl groups is 1. The van der Waals surface area contributed by atoms with E-state index in [-0.39, 0.29) is 0 Å². The average Bonchev–Trinajstić information content (AvgIpc) is 3.09. The van der Waals surface area contributed by atoms with E-state index in [1.165, 1.54) is 50.5 Å². The van der Waals surface area contributed by atoms with E-state index in [9.17, 15) is 5.11 Å². The molecule has 0 radical (unpaired) electrons. The molecule has 0 aromatic carbocycles. The van der Waals surface area contributed by atoms with E-state index < -0.39 is 5.60 Å². The lowest BCUT2D eigenvalue weighted by molar-refractivity contribution is -0.101. The molecule has 0 aliphatic heterocycles. The molecular weight excluding hydrogens is 368 g/mol. The Labute approximate surface area is 183 Å². The normalized spacial score (nSPS) is 46.5. The molecule has 1 heterocycles. The van der Waals surface area contributed by atoms with Crippen LogP contribution in [0.2, 0.25) is 0 Å². The molecule has 3 nitrogen and oxygen atoms in total. The third-order valence-electron chi connectivity index (χ3n) is 10.3. The van der Waals surface area contributed by atoms with Crippen LogP contribution in [-0.4, -0.2) is 21.7 Å². The molecule has 0 bridgehead atoms. The molecule has 4 aliphatic carbocycles. The lowest BCUT2D eigenvalue weighted by atomic mass is 9.49. The maximum absolute atomic E-state index is 10.6. The first-order chi connectivity index (χ1) is 14.4. The van der Waals surface area contributed by atoms with Crippen LogP contribution in [0.1, 0.15) is 84.1 Å². The third-order valence-corrected chi connectivity index (χ3v) is 10.3. The standard InChI is InChI=1S/C27H42N2O/c1-18(29-17-19-5-4-14-28-16-19)24-8-9-25-23-7-6-20-15-26(2,30)12-10-21(20)22(23)11-13-27(24,25)3/h4-5,14,16,18,20-25,29-30H,6-13,15,17H2,1-3H3/t18-,20+,21-,22+,23+,24+,25-,26+,27+/m0/s1. The summed E-state index contributed by atoms with van der Waals surface area (Å²) in [5.74, 6) is 5.29. The van der Waals surface area contributed by atoms with Crippen LogP contribution in [0.4, 0.5) is 0 Å². The zero-order valence-corrected chi connectivity index (χ0v) is 19.3.